The SMILES string of the molecule is Clc1c2ccccc2c(-c2cccc3c2oc2cc4ccccc4cc23)c2ccccc12. The third-order valence-corrected chi connectivity index (χ3v) is 6.91. The van der Waals surface area contributed by atoms with Crippen molar-refractivity contribution in [3.05, 3.63) is 108 Å². The molecule has 150 valence electrons. The number of rotatable bonds is 1. The first-order valence-corrected chi connectivity index (χ1v) is 11.1. The number of para-hydroxylation sites is 1. The fourth-order valence-electron chi connectivity index (χ4n) is 5.05. The largest absolute Gasteiger partial charge is 0.455 e. The maximum absolute atomic E-state index is 6.85. The van der Waals surface area contributed by atoms with Crippen molar-refractivity contribution in [3.8, 4) is 11.1 Å². The Morgan fingerprint density at radius 2 is 1.06 bits per heavy atom. The molecule has 0 amide bonds. The van der Waals surface area contributed by atoms with Gasteiger partial charge in [-0.15, -0.1) is 0 Å². The Morgan fingerprint density at radius 1 is 0.500 bits per heavy atom. The van der Waals surface area contributed by atoms with Gasteiger partial charge in [-0.25, -0.2) is 0 Å². The van der Waals surface area contributed by atoms with Gasteiger partial charge in [0.1, 0.15) is 11.2 Å². The van der Waals surface area contributed by atoms with E-state index in [1.54, 1.807) is 0 Å². The van der Waals surface area contributed by atoms with E-state index in [1.165, 1.54) is 10.8 Å². The second-order valence-electron chi connectivity index (χ2n) is 8.26. The zero-order valence-corrected chi connectivity index (χ0v) is 17.9. The van der Waals surface area contributed by atoms with Crippen molar-refractivity contribution >= 4 is 65.9 Å². The van der Waals surface area contributed by atoms with Crippen molar-refractivity contribution in [1.82, 2.24) is 0 Å². The lowest BCUT2D eigenvalue weighted by Gasteiger charge is -2.14. The third-order valence-electron chi connectivity index (χ3n) is 6.50. The van der Waals surface area contributed by atoms with Crippen LogP contribution in [0.25, 0.3) is 65.4 Å². The predicted octanol–water partition coefficient (Wildman–Crippen LogP) is 9.37. The lowest BCUT2D eigenvalue weighted by atomic mass is 9.91. The van der Waals surface area contributed by atoms with Gasteiger partial charge in [0.05, 0.1) is 5.02 Å². The van der Waals surface area contributed by atoms with Crippen LogP contribution in [0.2, 0.25) is 5.02 Å². The highest BCUT2D eigenvalue weighted by molar-refractivity contribution is 6.42. The van der Waals surface area contributed by atoms with E-state index in [0.29, 0.717) is 0 Å². The highest BCUT2D eigenvalue weighted by atomic mass is 35.5. The molecule has 2 heteroatoms. The zero-order chi connectivity index (χ0) is 21.2. The van der Waals surface area contributed by atoms with Crippen LogP contribution in [-0.2, 0) is 0 Å². The zero-order valence-electron chi connectivity index (χ0n) is 17.1. The lowest BCUT2D eigenvalue weighted by Crippen LogP contribution is -1.87. The number of hydrogen-bond donors (Lipinski definition) is 0. The van der Waals surface area contributed by atoms with Gasteiger partial charge in [0.25, 0.3) is 0 Å². The molecule has 0 fully saturated rings. The summed E-state index contributed by atoms with van der Waals surface area (Å²) in [5.41, 5.74) is 4.07. The van der Waals surface area contributed by atoms with Gasteiger partial charge in [0.2, 0.25) is 0 Å². The van der Waals surface area contributed by atoms with E-state index in [2.05, 4.69) is 91.0 Å². The van der Waals surface area contributed by atoms with Gasteiger partial charge in [-0.05, 0) is 33.7 Å². The minimum Gasteiger partial charge on any atom is -0.455 e. The van der Waals surface area contributed by atoms with Crippen molar-refractivity contribution in [2.75, 3.05) is 0 Å². The Hall–Kier alpha value is -3.81. The van der Waals surface area contributed by atoms with Crippen molar-refractivity contribution in [3.63, 3.8) is 0 Å². The molecule has 0 unspecified atom stereocenters. The van der Waals surface area contributed by atoms with E-state index < -0.39 is 0 Å². The molecule has 0 spiro atoms. The smallest absolute Gasteiger partial charge is 0.143 e. The summed E-state index contributed by atoms with van der Waals surface area (Å²) in [5, 5.41) is 9.85. The number of hydrogen-bond acceptors (Lipinski definition) is 1. The van der Waals surface area contributed by atoms with Gasteiger partial charge in [-0.2, -0.15) is 0 Å². The predicted molar refractivity (Wildman–Crippen MR) is 137 cm³/mol. The Balaban J connectivity index is 1.67. The Bertz CT molecular complexity index is 1780. The topological polar surface area (TPSA) is 13.1 Å². The number of benzene rings is 6. The first-order valence-electron chi connectivity index (χ1n) is 10.7. The third kappa shape index (κ3) is 2.40. The summed E-state index contributed by atoms with van der Waals surface area (Å²) in [6.07, 6.45) is 0. The Morgan fingerprint density at radius 3 is 1.75 bits per heavy atom. The fourth-order valence-corrected chi connectivity index (χ4v) is 5.38. The molecule has 32 heavy (non-hydrogen) atoms. The minimum atomic E-state index is 0.794. The van der Waals surface area contributed by atoms with Crippen LogP contribution in [0.1, 0.15) is 0 Å². The molecule has 7 rings (SSSR count). The average Bonchev–Trinajstić information content (AvgIpc) is 3.21. The molecule has 0 aliphatic rings. The standard InChI is InChI=1S/C30H17ClO/c31-29-22-12-5-3-10-20(22)28(21-11-4-6-13-23(21)29)25-15-7-14-24-26-16-18-8-1-2-9-19(18)17-27(26)32-30(24)25/h1-17H. The van der Waals surface area contributed by atoms with E-state index in [-0.39, 0.29) is 0 Å². The monoisotopic (exact) mass is 428 g/mol. The van der Waals surface area contributed by atoms with Crippen LogP contribution in [0, 0.1) is 0 Å². The molecule has 1 heterocycles. The molecule has 0 radical (unpaired) electrons. The first-order chi connectivity index (χ1) is 15.8. The maximum Gasteiger partial charge on any atom is 0.143 e. The lowest BCUT2D eigenvalue weighted by molar-refractivity contribution is 0.670. The summed E-state index contributed by atoms with van der Waals surface area (Å²) in [7, 11) is 0. The summed E-state index contributed by atoms with van der Waals surface area (Å²) in [6, 6.07) is 36.0. The molecule has 0 saturated carbocycles. The molecule has 6 aromatic carbocycles. The summed E-state index contributed by atoms with van der Waals surface area (Å²) in [4.78, 5) is 0. The van der Waals surface area contributed by atoms with Crippen LogP contribution in [0.5, 0.6) is 0 Å². The average molecular weight is 429 g/mol. The molecule has 0 aliphatic carbocycles. The van der Waals surface area contributed by atoms with Crippen LogP contribution < -0.4 is 0 Å². The summed E-state index contributed by atoms with van der Waals surface area (Å²) >= 11 is 6.85. The maximum atomic E-state index is 6.85. The summed E-state index contributed by atoms with van der Waals surface area (Å²) in [6.45, 7) is 0. The van der Waals surface area contributed by atoms with Crippen molar-refractivity contribution in [2.45, 2.75) is 0 Å². The van der Waals surface area contributed by atoms with Gasteiger partial charge < -0.3 is 4.42 Å². The van der Waals surface area contributed by atoms with Gasteiger partial charge in [-0.1, -0.05) is 103 Å². The fraction of sp³-hybridized carbons (Fsp3) is 0. The van der Waals surface area contributed by atoms with Gasteiger partial charge in [0, 0.05) is 32.7 Å². The first kappa shape index (κ1) is 17.8. The van der Waals surface area contributed by atoms with Crippen LogP contribution in [0.15, 0.2) is 108 Å². The molecule has 1 aromatic heterocycles. The molecule has 7 aromatic rings. The molecule has 0 saturated heterocycles. The van der Waals surface area contributed by atoms with E-state index in [1.807, 2.05) is 12.1 Å². The van der Waals surface area contributed by atoms with Crippen molar-refractivity contribution in [1.29, 1.82) is 0 Å². The van der Waals surface area contributed by atoms with Crippen LogP contribution in [0.3, 0.4) is 0 Å². The molecular weight excluding hydrogens is 412 g/mol. The molecule has 1 nitrogen and oxygen atoms in total. The van der Waals surface area contributed by atoms with Gasteiger partial charge in [0.15, 0.2) is 0 Å². The number of fused-ring (bicyclic) bond motifs is 6. The van der Waals surface area contributed by atoms with Gasteiger partial charge >= 0.3 is 0 Å². The van der Waals surface area contributed by atoms with E-state index >= 15 is 0 Å². The van der Waals surface area contributed by atoms with Crippen LogP contribution in [0.4, 0.5) is 0 Å². The molecule has 0 aliphatic heterocycles. The molecule has 0 bridgehead atoms. The summed E-state index contributed by atoms with van der Waals surface area (Å²) < 4.78 is 6.54. The quantitative estimate of drug-likeness (QED) is 0.237. The second-order valence-corrected chi connectivity index (χ2v) is 8.64. The highest BCUT2D eigenvalue weighted by Gasteiger charge is 2.18. The number of furan rings is 1. The Kier molecular flexibility index (Phi) is 3.67. The van der Waals surface area contributed by atoms with Crippen LogP contribution >= 0.6 is 11.6 Å². The number of halogens is 1. The van der Waals surface area contributed by atoms with Gasteiger partial charge in [-0.3, -0.25) is 0 Å². The van der Waals surface area contributed by atoms with E-state index in [9.17, 15) is 0 Å². The highest BCUT2D eigenvalue weighted by Crippen LogP contribution is 2.45. The van der Waals surface area contributed by atoms with Crippen molar-refractivity contribution < 1.29 is 4.42 Å². The van der Waals surface area contributed by atoms with E-state index in [4.69, 9.17) is 16.0 Å². The second kappa shape index (κ2) is 6.59. The molecular formula is C30H17ClO. The van der Waals surface area contributed by atoms with E-state index in [0.717, 1.165) is 59.6 Å². The normalized spacial score (nSPS) is 11.9. The van der Waals surface area contributed by atoms with Crippen LogP contribution in [-0.4, -0.2) is 0 Å². The molecule has 0 N–H and O–H groups in total. The molecule has 0 atom stereocenters. The van der Waals surface area contributed by atoms with Crippen molar-refractivity contribution in [2.24, 2.45) is 0 Å². The minimum absolute atomic E-state index is 0.794. The summed E-state index contributed by atoms with van der Waals surface area (Å²) in [5.74, 6) is 0. The Labute approximate surface area is 189 Å².